The minimum atomic E-state index is -0.402. The number of imide groups is 1. The summed E-state index contributed by atoms with van der Waals surface area (Å²) in [4.78, 5) is 25.5. The molecule has 0 radical (unpaired) electrons. The molecular weight excluding hydrogens is 268 g/mol. The van der Waals surface area contributed by atoms with Gasteiger partial charge in [-0.3, -0.25) is 15.0 Å². The Kier molecular flexibility index (Phi) is 8.30. The molecule has 0 aromatic carbocycles. The maximum Gasteiger partial charge on any atom is 0.321 e. The highest BCUT2D eigenvalue weighted by Crippen LogP contribution is 2.08. The fourth-order valence-electron chi connectivity index (χ4n) is 2.41. The number of amides is 3. The van der Waals surface area contributed by atoms with Gasteiger partial charge in [-0.1, -0.05) is 27.2 Å². The fourth-order valence-corrected chi connectivity index (χ4v) is 2.41. The summed E-state index contributed by atoms with van der Waals surface area (Å²) in [5.74, 6) is 0.129. The number of nitrogens with one attached hydrogen (secondary N) is 3. The number of nitrogens with zero attached hydrogens (tertiary/aromatic N) is 1. The summed E-state index contributed by atoms with van der Waals surface area (Å²) in [7, 11) is 0. The van der Waals surface area contributed by atoms with Gasteiger partial charge in [0.05, 0.1) is 6.54 Å². The van der Waals surface area contributed by atoms with Gasteiger partial charge >= 0.3 is 6.03 Å². The van der Waals surface area contributed by atoms with E-state index in [0.29, 0.717) is 18.5 Å². The Balaban J connectivity index is 2.27. The van der Waals surface area contributed by atoms with Crippen molar-refractivity contribution in [3.63, 3.8) is 0 Å². The highest BCUT2D eigenvalue weighted by Gasteiger charge is 2.18. The molecule has 1 fully saturated rings. The second-order valence-electron chi connectivity index (χ2n) is 6.13. The van der Waals surface area contributed by atoms with E-state index in [9.17, 15) is 9.59 Å². The van der Waals surface area contributed by atoms with Crippen LogP contribution in [0.2, 0.25) is 0 Å². The van der Waals surface area contributed by atoms with Gasteiger partial charge in [0.25, 0.3) is 0 Å². The van der Waals surface area contributed by atoms with Crippen molar-refractivity contribution in [1.82, 2.24) is 20.9 Å². The molecule has 1 aliphatic rings. The Labute approximate surface area is 128 Å². The van der Waals surface area contributed by atoms with Crippen LogP contribution in [0.15, 0.2) is 0 Å². The van der Waals surface area contributed by atoms with Gasteiger partial charge in [0.2, 0.25) is 5.91 Å². The molecule has 0 bridgehead atoms. The molecule has 1 unspecified atom stereocenters. The molecule has 0 aliphatic carbocycles. The third kappa shape index (κ3) is 8.02. The Morgan fingerprint density at radius 1 is 1.33 bits per heavy atom. The molecule has 0 aromatic rings. The van der Waals surface area contributed by atoms with E-state index in [1.807, 2.05) is 20.8 Å². The highest BCUT2D eigenvalue weighted by atomic mass is 16.2. The first-order valence-corrected chi connectivity index (χ1v) is 8.04. The van der Waals surface area contributed by atoms with Crippen LogP contribution in [0.5, 0.6) is 0 Å². The lowest BCUT2D eigenvalue weighted by molar-refractivity contribution is -0.121. The number of likely N-dealkylation sites (N-methyl/N-ethyl adjacent to an activating group) is 1. The maximum absolute atomic E-state index is 11.9. The largest absolute Gasteiger partial charge is 0.338 e. The van der Waals surface area contributed by atoms with Crippen LogP contribution < -0.4 is 16.0 Å². The minimum absolute atomic E-state index is 0.242. The zero-order chi connectivity index (χ0) is 15.7. The Hall–Kier alpha value is -1.14. The van der Waals surface area contributed by atoms with Crippen molar-refractivity contribution in [1.29, 1.82) is 0 Å². The van der Waals surface area contributed by atoms with E-state index in [0.717, 1.165) is 26.1 Å². The summed E-state index contributed by atoms with van der Waals surface area (Å²) in [6, 6.07) is 0.0572. The van der Waals surface area contributed by atoms with Crippen LogP contribution in [0.4, 0.5) is 4.79 Å². The molecule has 1 atom stereocenters. The monoisotopic (exact) mass is 298 g/mol. The van der Waals surface area contributed by atoms with Crippen molar-refractivity contribution in [2.75, 3.05) is 32.7 Å². The Morgan fingerprint density at radius 3 is 2.67 bits per heavy atom. The first-order chi connectivity index (χ1) is 10.0. The fraction of sp³-hybridized carbons (Fsp3) is 0.867. The summed E-state index contributed by atoms with van der Waals surface area (Å²) in [6.07, 6.45) is 3.64. The van der Waals surface area contributed by atoms with Crippen molar-refractivity contribution in [3.05, 3.63) is 0 Å². The number of hydrogen-bond acceptors (Lipinski definition) is 4. The second-order valence-corrected chi connectivity index (χ2v) is 6.13. The molecule has 3 amide bonds. The van der Waals surface area contributed by atoms with Crippen molar-refractivity contribution in [3.8, 4) is 0 Å². The molecular formula is C15H30N4O2. The van der Waals surface area contributed by atoms with Gasteiger partial charge in [-0.05, 0) is 31.8 Å². The molecule has 122 valence electrons. The summed E-state index contributed by atoms with van der Waals surface area (Å²) >= 11 is 0. The number of piperidine rings is 1. The average molecular weight is 298 g/mol. The average Bonchev–Trinajstić information content (AvgIpc) is 2.45. The van der Waals surface area contributed by atoms with Gasteiger partial charge in [0, 0.05) is 19.1 Å². The topological polar surface area (TPSA) is 73.5 Å². The van der Waals surface area contributed by atoms with Crippen molar-refractivity contribution in [2.45, 2.75) is 46.1 Å². The molecule has 1 aliphatic heterocycles. The molecule has 21 heavy (non-hydrogen) atoms. The van der Waals surface area contributed by atoms with Crippen LogP contribution in [-0.4, -0.2) is 55.6 Å². The lowest BCUT2D eigenvalue weighted by atomic mass is 10.0. The summed E-state index contributed by atoms with van der Waals surface area (Å²) in [6.45, 7) is 9.63. The molecule has 3 N–H and O–H groups in total. The quantitative estimate of drug-likeness (QED) is 0.654. The van der Waals surface area contributed by atoms with E-state index in [1.54, 1.807) is 0 Å². The predicted molar refractivity (Wildman–Crippen MR) is 84.1 cm³/mol. The van der Waals surface area contributed by atoms with Gasteiger partial charge in [0.1, 0.15) is 0 Å². The van der Waals surface area contributed by atoms with Crippen molar-refractivity contribution >= 4 is 11.9 Å². The van der Waals surface area contributed by atoms with Gasteiger partial charge < -0.3 is 10.6 Å². The lowest BCUT2D eigenvalue weighted by Gasteiger charge is -2.29. The predicted octanol–water partition coefficient (Wildman–Crippen LogP) is 0.932. The molecule has 1 saturated heterocycles. The van der Waals surface area contributed by atoms with Gasteiger partial charge in [-0.2, -0.15) is 0 Å². The first kappa shape index (κ1) is 17.9. The summed E-state index contributed by atoms with van der Waals surface area (Å²) in [5.41, 5.74) is 0. The number of carbonyl (C=O) groups excluding carboxylic acids is 2. The Bertz CT molecular complexity index is 328. The molecule has 1 heterocycles. The molecule has 6 nitrogen and oxygen atoms in total. The van der Waals surface area contributed by atoms with E-state index in [2.05, 4.69) is 20.9 Å². The standard InChI is InChI=1S/C15H30N4O2/c1-4-19(10-13-7-5-6-8-16-13)11-14(20)18-15(21)17-9-12(2)3/h12-13,16H,4-11H2,1-3H3,(H2,17,18,20,21). The van der Waals surface area contributed by atoms with Crippen LogP contribution >= 0.6 is 0 Å². The summed E-state index contributed by atoms with van der Waals surface area (Å²) in [5, 5.41) is 8.55. The van der Waals surface area contributed by atoms with Crippen molar-refractivity contribution in [2.24, 2.45) is 5.92 Å². The third-order valence-corrected chi connectivity index (χ3v) is 3.63. The first-order valence-electron chi connectivity index (χ1n) is 8.04. The minimum Gasteiger partial charge on any atom is -0.338 e. The molecule has 6 heteroatoms. The van der Waals surface area contributed by atoms with E-state index >= 15 is 0 Å². The van der Waals surface area contributed by atoms with Crippen LogP contribution in [0, 0.1) is 5.92 Å². The number of carbonyl (C=O) groups is 2. The second kappa shape index (κ2) is 9.73. The normalized spacial score (nSPS) is 18.8. The van der Waals surface area contributed by atoms with E-state index in [1.165, 1.54) is 12.8 Å². The number of rotatable bonds is 7. The van der Waals surface area contributed by atoms with E-state index in [-0.39, 0.29) is 12.5 Å². The molecule has 0 spiro atoms. The molecule has 0 saturated carbocycles. The Morgan fingerprint density at radius 2 is 2.10 bits per heavy atom. The van der Waals surface area contributed by atoms with Crippen LogP contribution in [0.25, 0.3) is 0 Å². The summed E-state index contributed by atoms with van der Waals surface area (Å²) < 4.78 is 0. The maximum atomic E-state index is 11.9. The zero-order valence-corrected chi connectivity index (χ0v) is 13.6. The zero-order valence-electron chi connectivity index (χ0n) is 13.6. The van der Waals surface area contributed by atoms with Gasteiger partial charge in [0.15, 0.2) is 0 Å². The number of hydrogen-bond donors (Lipinski definition) is 3. The van der Waals surface area contributed by atoms with Crippen molar-refractivity contribution < 1.29 is 9.59 Å². The molecule has 0 aromatic heterocycles. The highest BCUT2D eigenvalue weighted by molar-refractivity contribution is 5.95. The lowest BCUT2D eigenvalue weighted by Crippen LogP contribution is -2.49. The molecule has 1 rings (SSSR count). The van der Waals surface area contributed by atoms with Crippen LogP contribution in [0.1, 0.15) is 40.0 Å². The number of urea groups is 1. The van der Waals surface area contributed by atoms with Crippen LogP contribution in [0.3, 0.4) is 0 Å². The van der Waals surface area contributed by atoms with Gasteiger partial charge in [-0.25, -0.2) is 4.79 Å². The van der Waals surface area contributed by atoms with Crippen LogP contribution in [-0.2, 0) is 4.79 Å². The SMILES string of the molecule is CCN(CC(=O)NC(=O)NCC(C)C)CC1CCCCN1. The van der Waals surface area contributed by atoms with E-state index in [4.69, 9.17) is 0 Å². The third-order valence-electron chi connectivity index (χ3n) is 3.63. The van der Waals surface area contributed by atoms with E-state index < -0.39 is 6.03 Å². The van der Waals surface area contributed by atoms with Gasteiger partial charge in [-0.15, -0.1) is 0 Å². The smallest absolute Gasteiger partial charge is 0.321 e.